The van der Waals surface area contributed by atoms with Crippen molar-refractivity contribution in [2.45, 2.75) is 43.8 Å². The van der Waals surface area contributed by atoms with Crippen LogP contribution in [0.25, 0.3) is 10.9 Å². The molecule has 4 aromatic rings. The molecule has 9 heteroatoms. The monoisotopic (exact) mass is 448 g/mol. The van der Waals surface area contributed by atoms with Crippen LogP contribution in [-0.4, -0.2) is 30.6 Å². The Balaban J connectivity index is 1.54. The molecule has 0 bridgehead atoms. The maximum absolute atomic E-state index is 12.5. The van der Waals surface area contributed by atoms with Crippen LogP contribution in [0.1, 0.15) is 54.1 Å². The average Bonchev–Trinajstić information content (AvgIpc) is 3.22. The van der Waals surface area contributed by atoms with Crippen LogP contribution in [-0.2, 0) is 6.54 Å². The van der Waals surface area contributed by atoms with Gasteiger partial charge >= 0.3 is 0 Å². The predicted molar refractivity (Wildman–Crippen MR) is 125 cm³/mol. The molecular formula is C23H24N6O2S. The number of carbonyl (C=O) groups excluding carboxylic acids is 1. The van der Waals surface area contributed by atoms with E-state index in [1.165, 1.54) is 11.8 Å². The number of carbonyl (C=O) groups is 1. The Hall–Kier alpha value is -3.46. The van der Waals surface area contributed by atoms with Crippen LogP contribution in [0.2, 0.25) is 0 Å². The standard InChI is InChI=1S/C23H24N6O2S/c1-4-29-20(14(2)24-21(30)16-10-6-5-7-11-16)27-28-23(29)32-15(3)19-25-18-13-9-8-12-17(18)22(31)26-19/h5-15H,4H2,1-3H3,(H,24,30)(H,25,26,31)/t14-,15+/m1/s1. The van der Waals surface area contributed by atoms with Crippen LogP contribution < -0.4 is 10.9 Å². The minimum Gasteiger partial charge on any atom is -0.342 e. The number of amides is 1. The summed E-state index contributed by atoms with van der Waals surface area (Å²) >= 11 is 1.46. The molecule has 0 aliphatic heterocycles. The molecule has 0 aliphatic carbocycles. The van der Waals surface area contributed by atoms with E-state index in [0.717, 1.165) is 0 Å². The van der Waals surface area contributed by atoms with Gasteiger partial charge in [0.05, 0.1) is 22.2 Å². The first kappa shape index (κ1) is 21.8. The van der Waals surface area contributed by atoms with Crippen molar-refractivity contribution in [1.82, 2.24) is 30.0 Å². The fourth-order valence-corrected chi connectivity index (χ4v) is 4.43. The van der Waals surface area contributed by atoms with Crippen molar-refractivity contribution >= 4 is 28.6 Å². The van der Waals surface area contributed by atoms with E-state index in [9.17, 15) is 9.59 Å². The Labute approximate surface area is 189 Å². The number of para-hydroxylation sites is 1. The zero-order valence-corrected chi connectivity index (χ0v) is 18.9. The SMILES string of the molecule is CCn1c(S[C@@H](C)c2nc3ccccc3c(=O)[nH]2)nnc1[C@@H](C)NC(=O)c1ccccc1. The molecule has 0 fully saturated rings. The molecule has 2 aromatic heterocycles. The minimum atomic E-state index is -0.321. The van der Waals surface area contributed by atoms with Gasteiger partial charge in [0.15, 0.2) is 11.0 Å². The zero-order chi connectivity index (χ0) is 22.7. The van der Waals surface area contributed by atoms with Crippen LogP contribution in [0.3, 0.4) is 0 Å². The van der Waals surface area contributed by atoms with E-state index in [1.807, 2.05) is 61.7 Å². The summed E-state index contributed by atoms with van der Waals surface area (Å²) in [5, 5.41) is 12.8. The second-order valence-electron chi connectivity index (χ2n) is 7.37. The van der Waals surface area contributed by atoms with Crippen molar-refractivity contribution < 1.29 is 4.79 Å². The van der Waals surface area contributed by atoms with Gasteiger partial charge in [-0.1, -0.05) is 42.1 Å². The first-order chi connectivity index (χ1) is 15.5. The summed E-state index contributed by atoms with van der Waals surface area (Å²) in [6, 6.07) is 16.0. The molecule has 0 radical (unpaired) electrons. The van der Waals surface area contributed by atoms with Gasteiger partial charge in [0.1, 0.15) is 5.82 Å². The third-order valence-corrected chi connectivity index (χ3v) is 6.22. The number of fused-ring (bicyclic) bond motifs is 1. The molecule has 0 saturated carbocycles. The Morgan fingerprint density at radius 3 is 2.56 bits per heavy atom. The lowest BCUT2D eigenvalue weighted by Gasteiger charge is -2.16. The van der Waals surface area contributed by atoms with E-state index in [0.29, 0.717) is 39.8 Å². The fraction of sp³-hybridized carbons (Fsp3) is 0.261. The quantitative estimate of drug-likeness (QED) is 0.416. The second-order valence-corrected chi connectivity index (χ2v) is 8.68. The second kappa shape index (κ2) is 9.35. The van der Waals surface area contributed by atoms with Crippen molar-refractivity contribution in [2.75, 3.05) is 0 Å². The van der Waals surface area contributed by atoms with Crippen LogP contribution in [0.15, 0.2) is 64.5 Å². The fourth-order valence-electron chi connectivity index (χ4n) is 3.45. The molecule has 2 N–H and O–H groups in total. The summed E-state index contributed by atoms with van der Waals surface area (Å²) in [7, 11) is 0. The van der Waals surface area contributed by atoms with E-state index in [1.54, 1.807) is 18.2 Å². The summed E-state index contributed by atoms with van der Waals surface area (Å²) < 4.78 is 1.97. The number of thioether (sulfide) groups is 1. The van der Waals surface area contributed by atoms with E-state index < -0.39 is 0 Å². The molecule has 0 unspecified atom stereocenters. The smallest absolute Gasteiger partial charge is 0.258 e. The summed E-state index contributed by atoms with van der Waals surface area (Å²) in [4.78, 5) is 32.4. The number of aromatic amines is 1. The van der Waals surface area contributed by atoms with Gasteiger partial charge in [-0.25, -0.2) is 4.98 Å². The van der Waals surface area contributed by atoms with Crippen molar-refractivity contribution in [2.24, 2.45) is 0 Å². The lowest BCUT2D eigenvalue weighted by molar-refractivity contribution is 0.0937. The zero-order valence-electron chi connectivity index (χ0n) is 18.1. The van der Waals surface area contributed by atoms with Gasteiger partial charge in [-0.2, -0.15) is 0 Å². The van der Waals surface area contributed by atoms with E-state index >= 15 is 0 Å². The molecule has 0 spiro atoms. The number of nitrogens with zero attached hydrogens (tertiary/aromatic N) is 4. The number of H-pyrrole nitrogens is 1. The highest BCUT2D eigenvalue weighted by Crippen LogP contribution is 2.33. The number of benzene rings is 2. The Kier molecular flexibility index (Phi) is 6.36. The van der Waals surface area contributed by atoms with Gasteiger partial charge in [-0.05, 0) is 45.0 Å². The normalized spacial score (nSPS) is 13.1. The van der Waals surface area contributed by atoms with Crippen LogP contribution in [0, 0.1) is 0 Å². The third kappa shape index (κ3) is 4.43. The van der Waals surface area contributed by atoms with Crippen molar-refractivity contribution in [3.8, 4) is 0 Å². The van der Waals surface area contributed by atoms with Crippen molar-refractivity contribution in [1.29, 1.82) is 0 Å². The molecule has 1 amide bonds. The topological polar surface area (TPSA) is 106 Å². The summed E-state index contributed by atoms with van der Waals surface area (Å²) in [6.07, 6.45) is 0. The first-order valence-electron chi connectivity index (χ1n) is 10.4. The minimum absolute atomic E-state index is 0.149. The molecule has 2 atom stereocenters. The highest BCUT2D eigenvalue weighted by Gasteiger charge is 2.22. The molecule has 4 rings (SSSR count). The van der Waals surface area contributed by atoms with Crippen molar-refractivity contribution in [3.63, 3.8) is 0 Å². The number of aromatic nitrogens is 5. The predicted octanol–water partition coefficient (Wildman–Crippen LogP) is 3.88. The van der Waals surface area contributed by atoms with E-state index in [4.69, 9.17) is 0 Å². The number of hydrogen-bond donors (Lipinski definition) is 2. The van der Waals surface area contributed by atoms with Crippen LogP contribution in [0.4, 0.5) is 0 Å². The molecule has 0 aliphatic rings. The molecule has 8 nitrogen and oxygen atoms in total. The highest BCUT2D eigenvalue weighted by atomic mass is 32.2. The molecular weight excluding hydrogens is 424 g/mol. The third-order valence-electron chi connectivity index (χ3n) is 5.13. The number of nitrogens with one attached hydrogen (secondary N) is 2. The maximum Gasteiger partial charge on any atom is 0.258 e. The largest absolute Gasteiger partial charge is 0.342 e. The van der Waals surface area contributed by atoms with Crippen molar-refractivity contribution in [3.05, 3.63) is 82.2 Å². The van der Waals surface area contributed by atoms with E-state index in [2.05, 4.69) is 25.5 Å². The molecule has 2 heterocycles. The van der Waals surface area contributed by atoms with Gasteiger partial charge in [-0.3, -0.25) is 9.59 Å². The van der Waals surface area contributed by atoms with E-state index in [-0.39, 0.29) is 22.8 Å². The van der Waals surface area contributed by atoms with Crippen LogP contribution >= 0.6 is 11.8 Å². The molecule has 0 saturated heterocycles. The lowest BCUT2D eigenvalue weighted by Crippen LogP contribution is -2.28. The Morgan fingerprint density at radius 2 is 1.81 bits per heavy atom. The Bertz CT molecular complexity index is 1300. The van der Waals surface area contributed by atoms with Gasteiger partial charge in [-0.15, -0.1) is 10.2 Å². The van der Waals surface area contributed by atoms with Crippen LogP contribution in [0.5, 0.6) is 0 Å². The number of hydrogen-bond acceptors (Lipinski definition) is 6. The van der Waals surface area contributed by atoms with Gasteiger partial charge in [0.25, 0.3) is 11.5 Å². The lowest BCUT2D eigenvalue weighted by atomic mass is 10.2. The number of rotatable bonds is 7. The Morgan fingerprint density at radius 1 is 1.09 bits per heavy atom. The maximum atomic E-state index is 12.5. The summed E-state index contributed by atoms with van der Waals surface area (Å²) in [5.41, 5.74) is 1.10. The molecule has 2 aromatic carbocycles. The van der Waals surface area contributed by atoms with Gasteiger partial charge < -0.3 is 14.9 Å². The summed E-state index contributed by atoms with van der Waals surface area (Å²) in [6.45, 7) is 6.50. The average molecular weight is 449 g/mol. The molecule has 32 heavy (non-hydrogen) atoms. The van der Waals surface area contributed by atoms with Gasteiger partial charge in [0, 0.05) is 12.1 Å². The molecule has 164 valence electrons. The highest BCUT2D eigenvalue weighted by molar-refractivity contribution is 7.99. The summed E-state index contributed by atoms with van der Waals surface area (Å²) in [5.74, 6) is 1.09. The first-order valence-corrected chi connectivity index (χ1v) is 11.3. The van der Waals surface area contributed by atoms with Gasteiger partial charge in [0.2, 0.25) is 0 Å².